The van der Waals surface area contributed by atoms with Crippen LogP contribution in [0.15, 0.2) is 36.4 Å². The van der Waals surface area contributed by atoms with Gasteiger partial charge in [0.05, 0.1) is 4.92 Å². The van der Waals surface area contributed by atoms with Gasteiger partial charge in [-0.25, -0.2) is 0 Å². The summed E-state index contributed by atoms with van der Waals surface area (Å²) in [5, 5.41) is 20.7. The number of para-hydroxylation sites is 1. The molecule has 0 aliphatic carbocycles. The van der Waals surface area contributed by atoms with E-state index >= 15 is 0 Å². The Balaban J connectivity index is 2.07. The number of nitro groups is 1. The highest BCUT2D eigenvalue weighted by molar-refractivity contribution is 6.29. The normalized spacial score (nSPS) is 10.1. The first kappa shape index (κ1) is 13.9. The minimum atomic E-state index is -0.496. The number of aromatic nitrogens is 2. The fraction of sp³-hybridized carbons (Fsp3) is 0.0833. The third kappa shape index (κ3) is 3.27. The zero-order chi connectivity index (χ0) is 14.5. The van der Waals surface area contributed by atoms with Crippen molar-refractivity contribution in [1.29, 1.82) is 0 Å². The molecule has 20 heavy (non-hydrogen) atoms. The molecule has 1 aromatic carbocycles. The third-order valence-corrected chi connectivity index (χ3v) is 2.69. The summed E-state index contributed by atoms with van der Waals surface area (Å²) >= 11 is 5.56. The molecule has 0 fully saturated rings. The zero-order valence-electron chi connectivity index (χ0n) is 10.1. The van der Waals surface area contributed by atoms with Gasteiger partial charge < -0.3 is 5.32 Å². The lowest BCUT2D eigenvalue weighted by Crippen LogP contribution is -2.24. The molecule has 0 atom stereocenters. The molecule has 102 valence electrons. The number of nitrogens with zero attached hydrogens (tertiary/aromatic N) is 3. The Morgan fingerprint density at radius 3 is 2.65 bits per heavy atom. The smallest absolute Gasteiger partial charge is 0.274 e. The standard InChI is InChI=1S/C12H9ClN4O3/c13-11-6-5-9(15-16-11)12(18)14-7-8-3-1-2-4-10(8)17(19)20/h1-6H,7H2,(H,14,18). The molecule has 1 amide bonds. The highest BCUT2D eigenvalue weighted by Crippen LogP contribution is 2.17. The lowest BCUT2D eigenvalue weighted by Gasteiger charge is -2.05. The summed E-state index contributed by atoms with van der Waals surface area (Å²) in [6.45, 7) is 0.0281. The summed E-state index contributed by atoms with van der Waals surface area (Å²) in [6, 6.07) is 9.04. The van der Waals surface area contributed by atoms with Gasteiger partial charge in [0.1, 0.15) is 0 Å². The van der Waals surface area contributed by atoms with Crippen LogP contribution in [0.25, 0.3) is 0 Å². The topological polar surface area (TPSA) is 98.0 Å². The molecule has 8 heteroatoms. The number of carbonyl (C=O) groups excluding carboxylic acids is 1. The molecular formula is C12H9ClN4O3. The molecule has 0 radical (unpaired) electrons. The molecule has 7 nitrogen and oxygen atoms in total. The largest absolute Gasteiger partial charge is 0.346 e. The predicted octanol–water partition coefficient (Wildman–Crippen LogP) is 1.97. The molecule has 2 rings (SSSR count). The first-order chi connectivity index (χ1) is 9.58. The SMILES string of the molecule is O=C(NCc1ccccc1[N+](=O)[O-])c1ccc(Cl)nn1. The van der Waals surface area contributed by atoms with Crippen molar-refractivity contribution >= 4 is 23.2 Å². The number of carbonyl (C=O) groups is 1. The molecule has 0 unspecified atom stereocenters. The van der Waals surface area contributed by atoms with E-state index in [0.717, 1.165) is 0 Å². The molecule has 1 aromatic heterocycles. The number of rotatable bonds is 4. The van der Waals surface area contributed by atoms with Gasteiger partial charge in [0.15, 0.2) is 10.8 Å². The molecule has 0 bridgehead atoms. The zero-order valence-corrected chi connectivity index (χ0v) is 10.9. The molecular weight excluding hydrogens is 284 g/mol. The predicted molar refractivity (Wildman–Crippen MR) is 71.3 cm³/mol. The number of hydrogen-bond acceptors (Lipinski definition) is 5. The van der Waals surface area contributed by atoms with Gasteiger partial charge in [0.25, 0.3) is 11.6 Å². The van der Waals surface area contributed by atoms with Gasteiger partial charge in [0, 0.05) is 18.2 Å². The molecule has 0 spiro atoms. The summed E-state index contributed by atoms with van der Waals surface area (Å²) in [5.74, 6) is -0.479. The maximum Gasteiger partial charge on any atom is 0.274 e. The van der Waals surface area contributed by atoms with Gasteiger partial charge in [0.2, 0.25) is 0 Å². The Morgan fingerprint density at radius 2 is 2.00 bits per heavy atom. The van der Waals surface area contributed by atoms with Crippen LogP contribution in [0.3, 0.4) is 0 Å². The van der Waals surface area contributed by atoms with E-state index in [1.54, 1.807) is 18.2 Å². The molecule has 1 heterocycles. The van der Waals surface area contributed by atoms with Crippen LogP contribution in [0.5, 0.6) is 0 Å². The summed E-state index contributed by atoms with van der Waals surface area (Å²) in [5.41, 5.74) is 0.454. The van der Waals surface area contributed by atoms with Gasteiger partial charge in [-0.05, 0) is 12.1 Å². The monoisotopic (exact) mass is 292 g/mol. The molecule has 2 aromatic rings. The molecule has 0 saturated carbocycles. The van der Waals surface area contributed by atoms with Crippen LogP contribution in [0.1, 0.15) is 16.1 Å². The van der Waals surface area contributed by atoms with Crippen LogP contribution < -0.4 is 5.32 Å². The maximum atomic E-state index is 11.8. The number of benzene rings is 1. The maximum absolute atomic E-state index is 11.8. The van der Waals surface area contributed by atoms with Crippen LogP contribution in [0, 0.1) is 10.1 Å². The summed E-state index contributed by atoms with van der Waals surface area (Å²) in [4.78, 5) is 22.1. The first-order valence-corrected chi connectivity index (χ1v) is 5.95. The summed E-state index contributed by atoms with van der Waals surface area (Å²) < 4.78 is 0. The number of hydrogen-bond donors (Lipinski definition) is 1. The second-order valence-corrected chi connectivity index (χ2v) is 4.20. The van der Waals surface area contributed by atoms with Crippen LogP contribution in [0.2, 0.25) is 5.15 Å². The summed E-state index contributed by atoms with van der Waals surface area (Å²) in [6.07, 6.45) is 0. The van der Waals surface area contributed by atoms with Crippen molar-refractivity contribution in [3.63, 3.8) is 0 Å². The summed E-state index contributed by atoms with van der Waals surface area (Å²) in [7, 11) is 0. The van der Waals surface area contributed by atoms with Crippen molar-refractivity contribution < 1.29 is 9.72 Å². The number of halogens is 1. The fourth-order valence-corrected chi connectivity index (χ4v) is 1.64. The van der Waals surface area contributed by atoms with Gasteiger partial charge in [-0.2, -0.15) is 0 Å². The average Bonchev–Trinajstić information content (AvgIpc) is 2.45. The van der Waals surface area contributed by atoms with Crippen LogP contribution in [-0.2, 0) is 6.54 Å². The van der Waals surface area contributed by atoms with Gasteiger partial charge >= 0.3 is 0 Å². The van der Waals surface area contributed by atoms with Crippen molar-refractivity contribution in [2.45, 2.75) is 6.54 Å². The minimum Gasteiger partial charge on any atom is -0.346 e. The van der Waals surface area contributed by atoms with Crippen LogP contribution in [0.4, 0.5) is 5.69 Å². The molecule has 0 aliphatic heterocycles. The van der Waals surface area contributed by atoms with Gasteiger partial charge in [-0.3, -0.25) is 14.9 Å². The first-order valence-electron chi connectivity index (χ1n) is 5.57. The third-order valence-electron chi connectivity index (χ3n) is 2.49. The Hall–Kier alpha value is -2.54. The van der Waals surface area contributed by atoms with Crippen LogP contribution in [-0.4, -0.2) is 21.0 Å². The van der Waals surface area contributed by atoms with E-state index in [1.807, 2.05) is 0 Å². The lowest BCUT2D eigenvalue weighted by molar-refractivity contribution is -0.385. The highest BCUT2D eigenvalue weighted by Gasteiger charge is 2.14. The van der Waals surface area contributed by atoms with Crippen molar-refractivity contribution in [3.8, 4) is 0 Å². The highest BCUT2D eigenvalue weighted by atomic mass is 35.5. The van der Waals surface area contributed by atoms with E-state index in [0.29, 0.717) is 5.56 Å². The fourth-order valence-electron chi connectivity index (χ4n) is 1.54. The van der Waals surface area contributed by atoms with E-state index in [2.05, 4.69) is 15.5 Å². The van der Waals surface area contributed by atoms with E-state index in [1.165, 1.54) is 18.2 Å². The number of nitro benzene ring substituents is 1. The number of nitrogens with one attached hydrogen (secondary N) is 1. The molecule has 0 aliphatic rings. The van der Waals surface area contributed by atoms with Crippen molar-refractivity contribution in [3.05, 3.63) is 62.9 Å². The second-order valence-electron chi connectivity index (χ2n) is 3.81. The van der Waals surface area contributed by atoms with Crippen molar-refractivity contribution in [1.82, 2.24) is 15.5 Å². The average molecular weight is 293 g/mol. The van der Waals surface area contributed by atoms with Crippen molar-refractivity contribution in [2.75, 3.05) is 0 Å². The van der Waals surface area contributed by atoms with E-state index in [9.17, 15) is 14.9 Å². The minimum absolute atomic E-state index is 0.0281. The second kappa shape index (κ2) is 6.07. The molecule has 1 N–H and O–H groups in total. The molecule has 0 saturated heterocycles. The number of amides is 1. The Morgan fingerprint density at radius 1 is 1.25 bits per heavy atom. The van der Waals surface area contributed by atoms with E-state index < -0.39 is 10.8 Å². The Kier molecular flexibility index (Phi) is 4.21. The Labute approximate surface area is 118 Å². The Bertz CT molecular complexity index is 645. The quantitative estimate of drug-likeness (QED) is 0.686. The van der Waals surface area contributed by atoms with Crippen molar-refractivity contribution in [2.24, 2.45) is 0 Å². The van der Waals surface area contributed by atoms with Gasteiger partial charge in [-0.15, -0.1) is 10.2 Å². The van der Waals surface area contributed by atoms with E-state index in [4.69, 9.17) is 11.6 Å². The van der Waals surface area contributed by atoms with Gasteiger partial charge in [-0.1, -0.05) is 29.8 Å². The van der Waals surface area contributed by atoms with E-state index in [-0.39, 0.29) is 23.1 Å². The lowest BCUT2D eigenvalue weighted by atomic mass is 10.2. The van der Waals surface area contributed by atoms with Crippen LogP contribution >= 0.6 is 11.6 Å².